The Labute approximate surface area is 131 Å². The number of phenolic OH excluding ortho intramolecular Hbond substituents is 1. The predicted octanol–water partition coefficient (Wildman–Crippen LogP) is 0.634. The topological polar surface area (TPSA) is 197 Å². The number of nitro groups is 1. The Hall–Kier alpha value is -3.89. The number of nitrogen functional groups attached to an aromatic ring is 1. The van der Waals surface area contributed by atoms with Crippen LogP contribution >= 0.6 is 0 Å². The van der Waals surface area contributed by atoms with Crippen molar-refractivity contribution in [2.24, 2.45) is 0 Å². The number of aromatic amines is 1. The van der Waals surface area contributed by atoms with Crippen molar-refractivity contribution in [3.05, 3.63) is 49.8 Å². The molecule has 0 atom stereocenters. The summed E-state index contributed by atoms with van der Waals surface area (Å²) in [7, 11) is 0. The summed E-state index contributed by atoms with van der Waals surface area (Å²) in [5, 5.41) is 38.9. The monoisotopic (exact) mass is 335 g/mol. The number of non-ortho nitro benzene ring substituents is 1. The van der Waals surface area contributed by atoms with Gasteiger partial charge < -0.3 is 26.0 Å². The van der Waals surface area contributed by atoms with E-state index in [2.05, 4.69) is 0 Å². The van der Waals surface area contributed by atoms with Gasteiger partial charge >= 0.3 is 11.9 Å². The summed E-state index contributed by atoms with van der Waals surface area (Å²) in [6, 6.07) is 2.49. The molecule has 6 N–H and O–H groups in total. The molecule has 0 saturated heterocycles. The number of hydrogen-bond acceptors (Lipinski definition) is 7. The standard InChI is InChI=1S/C13H9N3O8/c14-10-8(12(19)20)7(9(13(21)22)11(18)15-10)4-1-5(16(23)24)3-6(17)2-4/h1-3,17H,(H,19,20)(H,21,22)(H3,14,15,18). The zero-order chi connectivity index (χ0) is 18.2. The smallest absolute Gasteiger partial charge is 0.342 e. The zero-order valence-electron chi connectivity index (χ0n) is 11.6. The van der Waals surface area contributed by atoms with Crippen LogP contribution in [0.3, 0.4) is 0 Å². The van der Waals surface area contributed by atoms with Crippen molar-refractivity contribution in [1.82, 2.24) is 4.98 Å². The van der Waals surface area contributed by atoms with Crippen LogP contribution in [-0.4, -0.2) is 37.2 Å². The van der Waals surface area contributed by atoms with Gasteiger partial charge in [-0.05, 0) is 11.6 Å². The normalized spacial score (nSPS) is 10.3. The van der Waals surface area contributed by atoms with Gasteiger partial charge in [-0.2, -0.15) is 0 Å². The summed E-state index contributed by atoms with van der Waals surface area (Å²) in [6.45, 7) is 0. The van der Waals surface area contributed by atoms with Crippen molar-refractivity contribution < 1.29 is 29.8 Å². The molecule has 1 aromatic carbocycles. The second-order valence-corrected chi connectivity index (χ2v) is 4.60. The first-order valence-electron chi connectivity index (χ1n) is 6.14. The Balaban J connectivity index is 3.02. The molecule has 0 aliphatic rings. The van der Waals surface area contributed by atoms with Crippen LogP contribution in [0.15, 0.2) is 23.0 Å². The Morgan fingerprint density at radius 1 is 1.12 bits per heavy atom. The van der Waals surface area contributed by atoms with Crippen molar-refractivity contribution in [3.8, 4) is 16.9 Å². The third-order valence-corrected chi connectivity index (χ3v) is 3.07. The summed E-state index contributed by atoms with van der Waals surface area (Å²) < 4.78 is 0. The third kappa shape index (κ3) is 2.72. The lowest BCUT2D eigenvalue weighted by Crippen LogP contribution is -2.24. The lowest BCUT2D eigenvalue weighted by molar-refractivity contribution is -0.384. The van der Waals surface area contributed by atoms with E-state index < -0.39 is 56.4 Å². The number of aromatic carboxylic acids is 2. The summed E-state index contributed by atoms with van der Waals surface area (Å²) >= 11 is 0. The highest BCUT2D eigenvalue weighted by atomic mass is 16.6. The van der Waals surface area contributed by atoms with Crippen LogP contribution in [0.1, 0.15) is 20.7 Å². The van der Waals surface area contributed by atoms with Gasteiger partial charge in [0.25, 0.3) is 11.2 Å². The maximum atomic E-state index is 11.8. The molecule has 0 spiro atoms. The number of nitrogens with zero attached hydrogens (tertiary/aromatic N) is 1. The number of aromatic nitrogens is 1. The van der Waals surface area contributed by atoms with Crippen molar-refractivity contribution in [2.45, 2.75) is 0 Å². The molecule has 0 aliphatic heterocycles. The largest absolute Gasteiger partial charge is 0.508 e. The van der Waals surface area contributed by atoms with E-state index in [1.54, 1.807) is 0 Å². The molecule has 0 saturated carbocycles. The minimum absolute atomic E-state index is 0.352. The van der Waals surface area contributed by atoms with Crippen molar-refractivity contribution in [3.63, 3.8) is 0 Å². The van der Waals surface area contributed by atoms with E-state index in [0.29, 0.717) is 0 Å². The fourth-order valence-electron chi connectivity index (χ4n) is 2.18. The van der Waals surface area contributed by atoms with Crippen LogP contribution in [0.25, 0.3) is 11.1 Å². The van der Waals surface area contributed by atoms with Gasteiger partial charge in [0, 0.05) is 11.6 Å². The van der Waals surface area contributed by atoms with Crippen LogP contribution in [0.5, 0.6) is 5.75 Å². The van der Waals surface area contributed by atoms with E-state index in [9.17, 15) is 39.8 Å². The third-order valence-electron chi connectivity index (χ3n) is 3.07. The highest BCUT2D eigenvalue weighted by molar-refractivity contribution is 6.07. The SMILES string of the molecule is Nc1[nH]c(=O)c(C(=O)O)c(-c2cc(O)cc([N+](=O)[O-])c2)c1C(=O)O. The van der Waals surface area contributed by atoms with Crippen LogP contribution in [0.4, 0.5) is 11.5 Å². The first kappa shape index (κ1) is 16.5. The number of pyridine rings is 1. The molecule has 11 heteroatoms. The number of nitrogens with one attached hydrogen (secondary N) is 1. The quantitative estimate of drug-likeness (QED) is 0.393. The summed E-state index contributed by atoms with van der Waals surface area (Å²) in [4.78, 5) is 46.5. The Morgan fingerprint density at radius 3 is 2.21 bits per heavy atom. The van der Waals surface area contributed by atoms with Crippen molar-refractivity contribution >= 4 is 23.4 Å². The minimum atomic E-state index is -1.76. The molecule has 124 valence electrons. The molecule has 1 aromatic heterocycles. The Bertz CT molecular complexity index is 947. The highest BCUT2D eigenvalue weighted by Crippen LogP contribution is 2.34. The average molecular weight is 335 g/mol. The molecule has 0 bridgehead atoms. The number of phenols is 1. The van der Waals surface area contributed by atoms with Crippen LogP contribution < -0.4 is 11.3 Å². The number of nitro benzene ring substituents is 1. The van der Waals surface area contributed by atoms with E-state index in [-0.39, 0.29) is 5.56 Å². The molecule has 1 heterocycles. The fourth-order valence-corrected chi connectivity index (χ4v) is 2.18. The minimum Gasteiger partial charge on any atom is -0.508 e. The first-order chi connectivity index (χ1) is 11.1. The molecule has 0 amide bonds. The van der Waals surface area contributed by atoms with Crippen LogP contribution in [-0.2, 0) is 0 Å². The number of rotatable bonds is 4. The van der Waals surface area contributed by atoms with Gasteiger partial charge in [-0.1, -0.05) is 0 Å². The Morgan fingerprint density at radius 2 is 1.71 bits per heavy atom. The van der Waals surface area contributed by atoms with E-state index in [0.717, 1.165) is 18.2 Å². The number of aromatic hydroxyl groups is 1. The van der Waals surface area contributed by atoms with Gasteiger partial charge in [-0.15, -0.1) is 0 Å². The van der Waals surface area contributed by atoms with Gasteiger partial charge in [0.05, 0.1) is 11.0 Å². The molecule has 2 rings (SSSR count). The summed E-state index contributed by atoms with van der Waals surface area (Å²) in [6.07, 6.45) is 0. The molecule has 11 nitrogen and oxygen atoms in total. The maximum Gasteiger partial charge on any atom is 0.342 e. The van der Waals surface area contributed by atoms with E-state index in [1.165, 1.54) is 0 Å². The average Bonchev–Trinajstić information content (AvgIpc) is 2.44. The number of nitrogens with two attached hydrogens (primary N) is 1. The molecule has 0 radical (unpaired) electrons. The predicted molar refractivity (Wildman–Crippen MR) is 79.1 cm³/mol. The molecule has 24 heavy (non-hydrogen) atoms. The highest BCUT2D eigenvalue weighted by Gasteiger charge is 2.27. The molecule has 2 aromatic rings. The fraction of sp³-hybridized carbons (Fsp3) is 0. The van der Waals surface area contributed by atoms with Crippen molar-refractivity contribution in [1.29, 1.82) is 0 Å². The number of carbonyl (C=O) groups is 2. The zero-order valence-corrected chi connectivity index (χ0v) is 11.6. The maximum absolute atomic E-state index is 11.8. The van der Waals surface area contributed by atoms with Gasteiger partial charge in [0.1, 0.15) is 22.7 Å². The Kier molecular flexibility index (Phi) is 3.93. The van der Waals surface area contributed by atoms with Crippen molar-refractivity contribution in [2.75, 3.05) is 5.73 Å². The number of hydrogen-bond donors (Lipinski definition) is 5. The molecule has 0 fully saturated rings. The number of anilines is 1. The van der Waals surface area contributed by atoms with E-state index in [1.807, 2.05) is 4.98 Å². The van der Waals surface area contributed by atoms with Crippen LogP contribution in [0.2, 0.25) is 0 Å². The van der Waals surface area contributed by atoms with E-state index >= 15 is 0 Å². The number of benzene rings is 1. The summed E-state index contributed by atoms with van der Waals surface area (Å²) in [5.74, 6) is -4.67. The summed E-state index contributed by atoms with van der Waals surface area (Å²) in [5.41, 5.74) is 0.898. The molecule has 0 unspecified atom stereocenters. The van der Waals surface area contributed by atoms with Gasteiger partial charge in [0.2, 0.25) is 0 Å². The number of carboxylic acids is 2. The molecule has 0 aliphatic carbocycles. The van der Waals surface area contributed by atoms with Gasteiger partial charge in [-0.3, -0.25) is 14.9 Å². The van der Waals surface area contributed by atoms with Gasteiger partial charge in [0.15, 0.2) is 0 Å². The van der Waals surface area contributed by atoms with Gasteiger partial charge in [-0.25, -0.2) is 9.59 Å². The first-order valence-corrected chi connectivity index (χ1v) is 6.14. The lowest BCUT2D eigenvalue weighted by Gasteiger charge is -2.12. The number of H-pyrrole nitrogens is 1. The number of carboxylic acid groups (broad SMARTS) is 2. The molecular formula is C13H9N3O8. The second kappa shape index (κ2) is 5.72. The second-order valence-electron chi connectivity index (χ2n) is 4.60. The van der Waals surface area contributed by atoms with E-state index in [4.69, 9.17) is 5.73 Å². The lowest BCUT2D eigenvalue weighted by atomic mass is 9.95. The molecular weight excluding hydrogens is 326 g/mol. The van der Waals surface area contributed by atoms with Crippen LogP contribution in [0, 0.1) is 10.1 Å².